The molecule has 0 atom stereocenters. The lowest BCUT2D eigenvalue weighted by atomic mass is 9.96. The van der Waals surface area contributed by atoms with E-state index in [2.05, 4.69) is 11.4 Å². The van der Waals surface area contributed by atoms with Crippen molar-refractivity contribution >= 4 is 28.3 Å². The Morgan fingerprint density at radius 2 is 2.07 bits per heavy atom. The minimum Gasteiger partial charge on any atom is -0.493 e. The first-order valence-electron chi connectivity index (χ1n) is 9.40. The summed E-state index contributed by atoms with van der Waals surface area (Å²) in [6.07, 6.45) is 7.39. The van der Waals surface area contributed by atoms with Crippen LogP contribution in [0.1, 0.15) is 48.3 Å². The average molecular weight is 397 g/mol. The molecule has 28 heavy (non-hydrogen) atoms. The molecule has 0 aliphatic heterocycles. The molecule has 1 aromatic carbocycles. The molecule has 146 valence electrons. The van der Waals surface area contributed by atoms with Crippen LogP contribution in [-0.2, 0) is 17.6 Å². The van der Waals surface area contributed by atoms with E-state index in [9.17, 15) is 10.1 Å². The van der Waals surface area contributed by atoms with E-state index >= 15 is 0 Å². The number of aryl methyl sites for hydroxylation is 1. The molecule has 0 radical (unpaired) electrons. The summed E-state index contributed by atoms with van der Waals surface area (Å²) in [5.41, 5.74) is 2.57. The summed E-state index contributed by atoms with van der Waals surface area (Å²) < 4.78 is 11.1. The molecule has 6 heteroatoms. The van der Waals surface area contributed by atoms with Gasteiger partial charge < -0.3 is 14.8 Å². The number of nitrogens with zero attached hydrogens (tertiary/aromatic N) is 1. The molecule has 0 fully saturated rings. The molecule has 1 amide bonds. The molecule has 1 aromatic heterocycles. The first-order chi connectivity index (χ1) is 13.5. The lowest BCUT2D eigenvalue weighted by Crippen LogP contribution is -2.08. The number of anilines is 1. The van der Waals surface area contributed by atoms with Gasteiger partial charge in [0.25, 0.3) is 0 Å². The van der Waals surface area contributed by atoms with Crippen molar-refractivity contribution in [1.82, 2.24) is 0 Å². The summed E-state index contributed by atoms with van der Waals surface area (Å²) in [6, 6.07) is 7.79. The third-order valence-electron chi connectivity index (χ3n) is 4.50. The Balaban J connectivity index is 1.72. The maximum Gasteiger partial charge on any atom is 0.249 e. The second-order valence-electron chi connectivity index (χ2n) is 6.93. The number of thiophene rings is 1. The van der Waals surface area contributed by atoms with E-state index in [-0.39, 0.29) is 12.0 Å². The summed E-state index contributed by atoms with van der Waals surface area (Å²) in [6.45, 7) is 3.91. The predicted molar refractivity (Wildman–Crippen MR) is 112 cm³/mol. The quantitative estimate of drug-likeness (QED) is 0.702. The van der Waals surface area contributed by atoms with E-state index in [1.165, 1.54) is 22.3 Å². The van der Waals surface area contributed by atoms with Gasteiger partial charge in [0.15, 0.2) is 11.5 Å². The molecule has 2 aromatic rings. The van der Waals surface area contributed by atoms with Gasteiger partial charge in [0.2, 0.25) is 5.91 Å². The Hall–Kier alpha value is -2.78. The normalized spacial score (nSPS) is 13.2. The summed E-state index contributed by atoms with van der Waals surface area (Å²) >= 11 is 1.53. The molecular formula is C22H24N2O3S. The van der Waals surface area contributed by atoms with Gasteiger partial charge in [-0.25, -0.2) is 0 Å². The van der Waals surface area contributed by atoms with Gasteiger partial charge in [-0.2, -0.15) is 5.26 Å². The van der Waals surface area contributed by atoms with Crippen LogP contribution in [-0.4, -0.2) is 19.1 Å². The fourth-order valence-electron chi connectivity index (χ4n) is 3.24. The van der Waals surface area contributed by atoms with Crippen molar-refractivity contribution < 1.29 is 14.3 Å². The number of nitrogens with one attached hydrogen (secondary N) is 1. The standard InChI is InChI=1S/C22H24N2O3S/c1-14(2)27-18-10-8-15(12-19(18)26-3)9-11-21(25)24-22-17(13-23)16-6-4-5-7-20(16)28-22/h8-12,14H,4-7H2,1-3H3,(H,24,25)/b11-9+. The maximum absolute atomic E-state index is 12.4. The molecular weight excluding hydrogens is 372 g/mol. The van der Waals surface area contributed by atoms with Crippen LogP contribution in [0.3, 0.4) is 0 Å². The van der Waals surface area contributed by atoms with Gasteiger partial charge in [-0.15, -0.1) is 11.3 Å². The minimum atomic E-state index is -0.253. The summed E-state index contributed by atoms with van der Waals surface area (Å²) in [5, 5.41) is 13.0. The van der Waals surface area contributed by atoms with Gasteiger partial charge in [0.05, 0.1) is 18.8 Å². The number of methoxy groups -OCH3 is 1. The van der Waals surface area contributed by atoms with E-state index in [0.717, 1.165) is 36.8 Å². The predicted octanol–water partition coefficient (Wildman–Crippen LogP) is 4.95. The Morgan fingerprint density at radius 3 is 2.79 bits per heavy atom. The van der Waals surface area contributed by atoms with Crippen LogP contribution in [0.2, 0.25) is 0 Å². The number of amides is 1. The highest BCUT2D eigenvalue weighted by molar-refractivity contribution is 7.16. The minimum absolute atomic E-state index is 0.0482. The van der Waals surface area contributed by atoms with Crippen LogP contribution in [0.25, 0.3) is 6.08 Å². The van der Waals surface area contributed by atoms with Crippen molar-refractivity contribution in [3.05, 3.63) is 45.8 Å². The van der Waals surface area contributed by atoms with Crippen molar-refractivity contribution in [3.8, 4) is 17.6 Å². The van der Waals surface area contributed by atoms with Gasteiger partial charge >= 0.3 is 0 Å². The molecule has 3 rings (SSSR count). The lowest BCUT2D eigenvalue weighted by molar-refractivity contribution is -0.111. The van der Waals surface area contributed by atoms with Crippen LogP contribution in [0.5, 0.6) is 11.5 Å². The third-order valence-corrected chi connectivity index (χ3v) is 5.70. The summed E-state index contributed by atoms with van der Waals surface area (Å²) in [7, 11) is 1.59. The average Bonchev–Trinajstić information content (AvgIpc) is 3.03. The molecule has 5 nitrogen and oxygen atoms in total. The topological polar surface area (TPSA) is 71.3 Å². The molecule has 1 aliphatic carbocycles. The van der Waals surface area contributed by atoms with Gasteiger partial charge in [-0.3, -0.25) is 4.79 Å². The molecule has 0 saturated carbocycles. The number of fused-ring (bicyclic) bond motifs is 1. The number of nitriles is 1. The molecule has 1 heterocycles. The van der Waals surface area contributed by atoms with Crippen molar-refractivity contribution in [2.24, 2.45) is 0 Å². The largest absolute Gasteiger partial charge is 0.493 e. The zero-order valence-corrected chi connectivity index (χ0v) is 17.2. The van der Waals surface area contributed by atoms with Crippen LogP contribution >= 0.6 is 11.3 Å². The van der Waals surface area contributed by atoms with E-state index in [4.69, 9.17) is 9.47 Å². The van der Waals surface area contributed by atoms with Gasteiger partial charge in [0, 0.05) is 11.0 Å². The van der Waals surface area contributed by atoms with Crippen LogP contribution in [0, 0.1) is 11.3 Å². The number of rotatable bonds is 6. The highest BCUT2D eigenvalue weighted by atomic mass is 32.1. The van der Waals surface area contributed by atoms with Crippen molar-refractivity contribution in [1.29, 1.82) is 5.26 Å². The maximum atomic E-state index is 12.4. The monoisotopic (exact) mass is 396 g/mol. The molecule has 0 spiro atoms. The molecule has 0 unspecified atom stereocenters. The second kappa shape index (κ2) is 8.94. The molecule has 1 N–H and O–H groups in total. The van der Waals surface area contributed by atoms with Crippen LogP contribution < -0.4 is 14.8 Å². The Kier molecular flexibility index (Phi) is 6.37. The van der Waals surface area contributed by atoms with Crippen molar-refractivity contribution in [3.63, 3.8) is 0 Å². The number of hydrogen-bond acceptors (Lipinski definition) is 5. The van der Waals surface area contributed by atoms with Crippen LogP contribution in [0.15, 0.2) is 24.3 Å². The number of benzene rings is 1. The first-order valence-corrected chi connectivity index (χ1v) is 10.2. The fraction of sp³-hybridized carbons (Fsp3) is 0.364. The first kappa shape index (κ1) is 20.0. The highest BCUT2D eigenvalue weighted by Crippen LogP contribution is 2.37. The second-order valence-corrected chi connectivity index (χ2v) is 8.03. The van der Waals surface area contributed by atoms with Gasteiger partial charge in [-0.1, -0.05) is 6.07 Å². The van der Waals surface area contributed by atoms with Crippen molar-refractivity contribution in [2.45, 2.75) is 45.6 Å². The molecule has 0 bridgehead atoms. The number of hydrogen-bond donors (Lipinski definition) is 1. The number of ether oxygens (including phenoxy) is 2. The van der Waals surface area contributed by atoms with Crippen molar-refractivity contribution in [2.75, 3.05) is 12.4 Å². The zero-order valence-electron chi connectivity index (χ0n) is 16.4. The third kappa shape index (κ3) is 4.55. The molecule has 1 aliphatic rings. The SMILES string of the molecule is COc1cc(/C=C/C(=O)Nc2sc3c(c2C#N)CCCC3)ccc1OC(C)C. The summed E-state index contributed by atoms with van der Waals surface area (Å²) in [5.74, 6) is 1.03. The number of carbonyl (C=O) groups is 1. The van der Waals surface area contributed by atoms with Crippen LogP contribution in [0.4, 0.5) is 5.00 Å². The Bertz CT molecular complexity index is 938. The number of carbonyl (C=O) groups excluding carboxylic acids is 1. The van der Waals surface area contributed by atoms with E-state index in [0.29, 0.717) is 22.1 Å². The Morgan fingerprint density at radius 1 is 1.29 bits per heavy atom. The summed E-state index contributed by atoms with van der Waals surface area (Å²) in [4.78, 5) is 13.6. The van der Waals surface area contributed by atoms with E-state index < -0.39 is 0 Å². The lowest BCUT2D eigenvalue weighted by Gasteiger charge is -2.13. The van der Waals surface area contributed by atoms with Gasteiger partial charge in [0.1, 0.15) is 11.1 Å². The smallest absolute Gasteiger partial charge is 0.249 e. The Labute approximate surface area is 169 Å². The van der Waals surface area contributed by atoms with Gasteiger partial charge in [-0.05, 0) is 68.9 Å². The molecule has 0 saturated heterocycles. The van der Waals surface area contributed by atoms with E-state index in [1.807, 2.05) is 32.0 Å². The fourth-order valence-corrected chi connectivity index (χ4v) is 4.48. The zero-order chi connectivity index (χ0) is 20.1. The van der Waals surface area contributed by atoms with E-state index in [1.54, 1.807) is 13.2 Å². The highest BCUT2D eigenvalue weighted by Gasteiger charge is 2.21.